The topological polar surface area (TPSA) is 161 Å². The molecular weight excluding hydrogens is 793 g/mol. The fourth-order valence-corrected chi connectivity index (χ4v) is 11.5. The van der Waals surface area contributed by atoms with Gasteiger partial charge in [-0.05, 0) is 177 Å². The third kappa shape index (κ3) is 9.91. The molecule has 0 radical (unpaired) electrons. The minimum absolute atomic E-state index is 0.0828. The Bertz CT molecular complexity index is 1670. The van der Waals surface area contributed by atoms with Crippen molar-refractivity contribution >= 4 is 29.8 Å². The fraction of sp³-hybridized carbons (Fsp3) is 0.900. The van der Waals surface area contributed by atoms with Gasteiger partial charge in [-0.2, -0.15) is 0 Å². The van der Waals surface area contributed by atoms with Crippen molar-refractivity contribution in [3.8, 4) is 0 Å². The molecule has 6 bridgehead atoms. The Morgan fingerprint density at radius 1 is 0.677 bits per heavy atom. The van der Waals surface area contributed by atoms with Crippen LogP contribution in [0.25, 0.3) is 0 Å². The van der Waals surface area contributed by atoms with Crippen LogP contribution in [-0.4, -0.2) is 82.3 Å². The molecule has 3 saturated heterocycles. The number of ether oxygens (including phenoxy) is 6. The molecule has 0 aromatic carbocycles. The van der Waals surface area contributed by atoms with E-state index in [1.165, 1.54) is 6.42 Å². The summed E-state index contributed by atoms with van der Waals surface area (Å²) in [6, 6.07) is 0. The molecule has 9 rings (SSSR count). The van der Waals surface area contributed by atoms with E-state index in [0.29, 0.717) is 31.1 Å². The van der Waals surface area contributed by atoms with Crippen molar-refractivity contribution in [2.75, 3.05) is 0 Å². The Hall–Kier alpha value is -2.73. The van der Waals surface area contributed by atoms with Crippen molar-refractivity contribution in [2.24, 2.45) is 45.3 Å². The second kappa shape index (κ2) is 17.6. The minimum atomic E-state index is -0.555. The number of carbonyl (C=O) groups is 5. The smallest absolute Gasteiger partial charge is 0.312 e. The summed E-state index contributed by atoms with van der Waals surface area (Å²) in [5, 5.41) is 10.6. The van der Waals surface area contributed by atoms with E-state index in [1.54, 1.807) is 0 Å². The molecular formula is C50H80O12. The van der Waals surface area contributed by atoms with E-state index in [2.05, 4.69) is 0 Å². The lowest BCUT2D eigenvalue weighted by Gasteiger charge is -2.59. The Labute approximate surface area is 371 Å². The highest BCUT2D eigenvalue weighted by Gasteiger charge is 2.65. The van der Waals surface area contributed by atoms with Gasteiger partial charge < -0.3 is 33.5 Å². The molecule has 0 spiro atoms. The van der Waals surface area contributed by atoms with Crippen LogP contribution in [0.2, 0.25) is 0 Å². The summed E-state index contributed by atoms with van der Waals surface area (Å²) in [5.74, 6) is 0.314. The van der Waals surface area contributed by atoms with E-state index in [4.69, 9.17) is 28.4 Å². The molecule has 6 aliphatic carbocycles. The number of hydrogen-bond donors (Lipinski definition) is 1. The van der Waals surface area contributed by atoms with Gasteiger partial charge in [0.1, 0.15) is 23.4 Å². The summed E-state index contributed by atoms with van der Waals surface area (Å²) in [6.07, 6.45) is 14.1. The maximum atomic E-state index is 12.8. The zero-order valence-electron chi connectivity index (χ0n) is 40.2. The molecule has 9 aliphatic rings. The maximum absolute atomic E-state index is 12.8. The molecule has 0 amide bonds. The number of fused-ring (bicyclic) bond motifs is 1. The monoisotopic (exact) mass is 873 g/mol. The average Bonchev–Trinajstić information content (AvgIpc) is 4.01. The highest BCUT2D eigenvalue weighted by molar-refractivity contribution is 5.79. The van der Waals surface area contributed by atoms with Gasteiger partial charge in [0.2, 0.25) is 0 Å². The minimum Gasteiger partial charge on any atom is -0.462 e. The Kier molecular flexibility index (Phi) is 13.8. The number of aliphatic hydroxyl groups is 1. The van der Waals surface area contributed by atoms with Crippen LogP contribution in [0.1, 0.15) is 192 Å². The van der Waals surface area contributed by atoms with E-state index >= 15 is 0 Å². The Morgan fingerprint density at radius 3 is 1.76 bits per heavy atom. The maximum Gasteiger partial charge on any atom is 0.312 e. The molecule has 9 unspecified atom stereocenters. The quantitative estimate of drug-likeness (QED) is 0.155. The van der Waals surface area contributed by atoms with Gasteiger partial charge in [-0.3, -0.25) is 24.0 Å². The predicted octanol–water partition coefficient (Wildman–Crippen LogP) is 9.13. The third-order valence-electron chi connectivity index (χ3n) is 16.4. The van der Waals surface area contributed by atoms with Crippen molar-refractivity contribution in [1.29, 1.82) is 0 Å². The standard InChI is InChI=1S/C21H36O4.C16H26O3.C13H18O5/c1-7-20(5,6)18(23)25-21(13-8-9-14-21)15-11-10-12-16(15)24-17(22)19(2,3)4;1-4-14(2,3)13(17)19-16-8-11-5-12(9-16)7-15(18,6-11)10-16;1-4-13(2,3)12(15)18-9-7-5-6-8(16-7)10(9)17-11(6)14/h15-16H,7-14H2,1-6H3;11-12,18H,4-10H2,1-3H3;6-10H,4-5H2,1-3H3. The first-order valence-corrected chi connectivity index (χ1v) is 24.2. The SMILES string of the molecule is CCC(C)(C)C(=O)OC1(C2CCCC2OC(=O)C(C)(C)C)CCCC1.CCC(C)(C)C(=O)OC12CC3CC(CC(O)(C3)C1)C2.CCC(C)(C)C(=O)OC1C2CC3C(=O)OC1C3O2. The van der Waals surface area contributed by atoms with Gasteiger partial charge in [-0.25, -0.2) is 0 Å². The van der Waals surface area contributed by atoms with Crippen molar-refractivity contribution in [2.45, 2.75) is 240 Å². The van der Waals surface area contributed by atoms with Crippen LogP contribution < -0.4 is 0 Å². The normalized spacial score (nSPS) is 36.2. The molecule has 352 valence electrons. The molecule has 0 aromatic rings. The van der Waals surface area contributed by atoms with Crippen LogP contribution in [0.5, 0.6) is 0 Å². The number of esters is 5. The highest BCUT2D eigenvalue weighted by atomic mass is 16.7. The Balaban J connectivity index is 0.000000158. The fourth-order valence-electron chi connectivity index (χ4n) is 11.5. The molecule has 6 saturated carbocycles. The lowest BCUT2D eigenvalue weighted by atomic mass is 9.52. The van der Waals surface area contributed by atoms with Crippen LogP contribution in [0.4, 0.5) is 0 Å². The lowest BCUT2D eigenvalue weighted by Crippen LogP contribution is -2.61. The van der Waals surface area contributed by atoms with Crippen molar-refractivity contribution < 1.29 is 57.5 Å². The summed E-state index contributed by atoms with van der Waals surface area (Å²) in [4.78, 5) is 61.1. The van der Waals surface area contributed by atoms with Gasteiger partial charge in [0, 0.05) is 12.3 Å². The molecule has 0 aromatic heterocycles. The van der Waals surface area contributed by atoms with Crippen LogP contribution in [0, 0.1) is 45.3 Å². The molecule has 3 heterocycles. The lowest BCUT2D eigenvalue weighted by molar-refractivity contribution is -0.225. The van der Waals surface area contributed by atoms with E-state index in [1.807, 2.05) is 83.1 Å². The van der Waals surface area contributed by atoms with E-state index < -0.39 is 45.1 Å². The first kappa shape index (κ1) is 48.7. The largest absolute Gasteiger partial charge is 0.462 e. The van der Waals surface area contributed by atoms with Crippen LogP contribution in [-0.2, 0) is 52.4 Å². The number of rotatable bonds is 11. The highest BCUT2D eigenvalue weighted by Crippen LogP contribution is 2.59. The number of carbonyl (C=O) groups excluding carboxylic acids is 5. The first-order chi connectivity index (χ1) is 28.7. The molecule has 3 aliphatic heterocycles. The van der Waals surface area contributed by atoms with E-state index in [0.717, 1.165) is 83.5 Å². The van der Waals surface area contributed by atoms with Crippen molar-refractivity contribution in [3.05, 3.63) is 0 Å². The van der Waals surface area contributed by atoms with Gasteiger partial charge in [0.25, 0.3) is 0 Å². The Morgan fingerprint density at radius 2 is 1.23 bits per heavy atom. The molecule has 9 atom stereocenters. The molecule has 9 fully saturated rings. The molecule has 62 heavy (non-hydrogen) atoms. The second-order valence-electron chi connectivity index (χ2n) is 23.6. The molecule has 12 nitrogen and oxygen atoms in total. The van der Waals surface area contributed by atoms with Gasteiger partial charge >= 0.3 is 29.8 Å². The van der Waals surface area contributed by atoms with Crippen molar-refractivity contribution in [3.63, 3.8) is 0 Å². The predicted molar refractivity (Wildman–Crippen MR) is 231 cm³/mol. The first-order valence-electron chi connectivity index (χ1n) is 24.2. The molecule has 12 heteroatoms. The zero-order chi connectivity index (χ0) is 45.8. The van der Waals surface area contributed by atoms with Gasteiger partial charge in [-0.15, -0.1) is 0 Å². The van der Waals surface area contributed by atoms with Crippen LogP contribution in [0.3, 0.4) is 0 Å². The summed E-state index contributed by atoms with van der Waals surface area (Å²) in [7, 11) is 0. The van der Waals surface area contributed by atoms with Crippen LogP contribution in [0.15, 0.2) is 0 Å². The van der Waals surface area contributed by atoms with Crippen molar-refractivity contribution in [1.82, 2.24) is 0 Å². The summed E-state index contributed by atoms with van der Waals surface area (Å²) < 4.78 is 34.5. The number of hydrogen-bond acceptors (Lipinski definition) is 12. The summed E-state index contributed by atoms with van der Waals surface area (Å²) >= 11 is 0. The van der Waals surface area contributed by atoms with E-state index in [9.17, 15) is 29.1 Å². The van der Waals surface area contributed by atoms with E-state index in [-0.39, 0.29) is 65.6 Å². The zero-order valence-corrected chi connectivity index (χ0v) is 40.2. The second-order valence-corrected chi connectivity index (χ2v) is 23.6. The summed E-state index contributed by atoms with van der Waals surface area (Å²) in [6.45, 7) is 23.1. The van der Waals surface area contributed by atoms with Crippen LogP contribution >= 0.6 is 0 Å². The van der Waals surface area contributed by atoms with Gasteiger partial charge in [-0.1, -0.05) is 20.8 Å². The average molecular weight is 873 g/mol. The summed E-state index contributed by atoms with van der Waals surface area (Å²) in [5.41, 5.74) is -3.25. The molecule has 1 N–H and O–H groups in total. The van der Waals surface area contributed by atoms with Gasteiger partial charge in [0.15, 0.2) is 12.2 Å². The van der Waals surface area contributed by atoms with Gasteiger partial charge in [0.05, 0.1) is 39.3 Å². The third-order valence-corrected chi connectivity index (χ3v) is 16.4.